The molecule has 214 valence electrons. The summed E-state index contributed by atoms with van der Waals surface area (Å²) in [5.74, 6) is -0.677. The van der Waals surface area contributed by atoms with Crippen LogP contribution in [0.15, 0.2) is 66.9 Å². The van der Waals surface area contributed by atoms with Gasteiger partial charge in [-0.05, 0) is 53.8 Å². The van der Waals surface area contributed by atoms with Crippen LogP contribution in [0, 0.1) is 5.92 Å². The van der Waals surface area contributed by atoms with Crippen molar-refractivity contribution < 1.29 is 32.3 Å². The number of pyridine rings is 1. The van der Waals surface area contributed by atoms with Crippen molar-refractivity contribution in [1.82, 2.24) is 19.5 Å². The van der Waals surface area contributed by atoms with Crippen LogP contribution in [0.2, 0.25) is 0 Å². The zero-order valence-corrected chi connectivity index (χ0v) is 23.4. The molecule has 2 aliphatic heterocycles. The SMILES string of the molecule is CC(C)CC(NC(=O)Oc1ccc2ccccc2c1)C(=O)N1CCC2C1C(=O)CN2S(=O)(=O)C(=O)c1ccccn1. The third-order valence-electron chi connectivity index (χ3n) is 7.31. The van der Waals surface area contributed by atoms with Gasteiger partial charge < -0.3 is 15.0 Å². The molecule has 3 heterocycles. The maximum Gasteiger partial charge on any atom is 0.413 e. The second-order valence-electron chi connectivity index (χ2n) is 10.6. The monoisotopic (exact) mass is 578 g/mol. The summed E-state index contributed by atoms with van der Waals surface area (Å²) in [6.45, 7) is 3.36. The maximum absolute atomic E-state index is 13.7. The Morgan fingerprint density at radius 1 is 1.05 bits per heavy atom. The average Bonchev–Trinajstić information content (AvgIpc) is 3.53. The van der Waals surface area contributed by atoms with Crippen LogP contribution in [0.25, 0.3) is 10.8 Å². The van der Waals surface area contributed by atoms with Gasteiger partial charge in [-0.25, -0.2) is 13.2 Å². The first-order valence-electron chi connectivity index (χ1n) is 13.3. The summed E-state index contributed by atoms with van der Waals surface area (Å²) in [7, 11) is -4.55. The lowest BCUT2D eigenvalue weighted by molar-refractivity contribution is -0.138. The lowest BCUT2D eigenvalue weighted by Gasteiger charge is -2.28. The largest absolute Gasteiger partial charge is 0.413 e. The number of carbonyl (C=O) groups excluding carboxylic acids is 4. The molecule has 1 N–H and O–H groups in total. The highest BCUT2D eigenvalue weighted by Gasteiger charge is 2.55. The summed E-state index contributed by atoms with van der Waals surface area (Å²) in [5.41, 5.74) is -0.250. The number of amides is 2. The fourth-order valence-corrected chi connectivity index (χ4v) is 6.94. The summed E-state index contributed by atoms with van der Waals surface area (Å²) < 4.78 is 32.7. The Labute approximate surface area is 237 Å². The molecule has 3 atom stereocenters. The number of ether oxygens (including phenoxy) is 1. The number of fused-ring (bicyclic) bond motifs is 2. The number of likely N-dealkylation sites (tertiary alicyclic amines) is 1. The second-order valence-corrected chi connectivity index (χ2v) is 12.4. The van der Waals surface area contributed by atoms with Gasteiger partial charge in [-0.1, -0.05) is 50.2 Å². The number of hydrogen-bond donors (Lipinski definition) is 1. The molecule has 41 heavy (non-hydrogen) atoms. The highest BCUT2D eigenvalue weighted by atomic mass is 32.2. The molecular weight excluding hydrogens is 548 g/mol. The van der Waals surface area contributed by atoms with Crippen LogP contribution >= 0.6 is 0 Å². The van der Waals surface area contributed by atoms with Gasteiger partial charge >= 0.3 is 11.2 Å². The predicted molar refractivity (Wildman–Crippen MR) is 149 cm³/mol. The van der Waals surface area contributed by atoms with Crippen molar-refractivity contribution in [3.63, 3.8) is 0 Å². The number of rotatable bonds is 7. The van der Waals surface area contributed by atoms with Crippen LogP contribution in [0.4, 0.5) is 4.79 Å². The maximum atomic E-state index is 13.7. The number of benzene rings is 2. The molecule has 1 aromatic heterocycles. The lowest BCUT2D eigenvalue weighted by Crippen LogP contribution is -2.53. The molecule has 2 saturated heterocycles. The Morgan fingerprint density at radius 2 is 1.78 bits per heavy atom. The highest BCUT2D eigenvalue weighted by Crippen LogP contribution is 2.33. The Morgan fingerprint density at radius 3 is 2.49 bits per heavy atom. The molecular formula is C29H30N4O7S. The zero-order valence-electron chi connectivity index (χ0n) is 22.6. The van der Waals surface area contributed by atoms with Gasteiger partial charge in [0.2, 0.25) is 5.91 Å². The first-order valence-corrected chi connectivity index (χ1v) is 14.8. The minimum atomic E-state index is -4.55. The summed E-state index contributed by atoms with van der Waals surface area (Å²) in [6.07, 6.45) is 0.933. The van der Waals surface area contributed by atoms with E-state index in [1.807, 2.05) is 44.2 Å². The Kier molecular flexibility index (Phi) is 7.87. The summed E-state index contributed by atoms with van der Waals surface area (Å²) in [4.78, 5) is 57.5. The van der Waals surface area contributed by atoms with Crippen molar-refractivity contribution in [2.75, 3.05) is 13.1 Å². The van der Waals surface area contributed by atoms with Gasteiger partial charge in [-0.2, -0.15) is 4.31 Å². The Bertz CT molecular complexity index is 1610. The molecule has 3 aromatic rings. The van der Waals surface area contributed by atoms with E-state index in [9.17, 15) is 27.6 Å². The fourth-order valence-electron chi connectivity index (χ4n) is 5.47. The van der Waals surface area contributed by atoms with Gasteiger partial charge in [0.1, 0.15) is 23.5 Å². The first kappa shape index (κ1) is 28.4. The van der Waals surface area contributed by atoms with Gasteiger partial charge in [0.05, 0.1) is 12.6 Å². The molecule has 2 aromatic carbocycles. The smallest absolute Gasteiger partial charge is 0.410 e. The number of carbonyl (C=O) groups is 4. The number of hydrogen-bond acceptors (Lipinski definition) is 8. The van der Waals surface area contributed by atoms with E-state index < -0.39 is 57.6 Å². The minimum absolute atomic E-state index is 0.00969. The van der Waals surface area contributed by atoms with Crippen LogP contribution in [0.1, 0.15) is 37.2 Å². The van der Waals surface area contributed by atoms with E-state index in [0.717, 1.165) is 15.1 Å². The van der Waals surface area contributed by atoms with Gasteiger partial charge in [0, 0.05) is 12.7 Å². The van der Waals surface area contributed by atoms with Crippen molar-refractivity contribution in [1.29, 1.82) is 0 Å². The van der Waals surface area contributed by atoms with Crippen LogP contribution in [0.3, 0.4) is 0 Å². The number of ketones is 1. The molecule has 2 fully saturated rings. The van der Waals surface area contributed by atoms with Crippen LogP contribution < -0.4 is 10.1 Å². The van der Waals surface area contributed by atoms with E-state index in [0.29, 0.717) is 5.75 Å². The topological polar surface area (TPSA) is 143 Å². The molecule has 11 nitrogen and oxygen atoms in total. The Hall–Kier alpha value is -4.16. The highest BCUT2D eigenvalue weighted by molar-refractivity contribution is 8.04. The number of nitrogens with one attached hydrogen (secondary N) is 1. The van der Waals surface area contributed by atoms with Crippen molar-refractivity contribution in [3.8, 4) is 5.75 Å². The van der Waals surface area contributed by atoms with E-state index in [1.165, 1.54) is 23.2 Å². The third-order valence-corrected chi connectivity index (χ3v) is 9.00. The van der Waals surface area contributed by atoms with E-state index in [2.05, 4.69) is 10.3 Å². The molecule has 3 unspecified atom stereocenters. The normalized spacial score (nSPS) is 19.8. The van der Waals surface area contributed by atoms with E-state index in [4.69, 9.17) is 4.74 Å². The van der Waals surface area contributed by atoms with E-state index in [-0.39, 0.29) is 31.0 Å². The molecule has 0 radical (unpaired) electrons. The third kappa shape index (κ3) is 5.70. The minimum Gasteiger partial charge on any atom is -0.410 e. The summed E-state index contributed by atoms with van der Waals surface area (Å²) >= 11 is 0. The molecule has 0 saturated carbocycles. The van der Waals surface area contributed by atoms with Crippen LogP contribution in [-0.2, 0) is 19.6 Å². The van der Waals surface area contributed by atoms with Gasteiger partial charge in [0.15, 0.2) is 5.78 Å². The number of sulfonamides is 1. The van der Waals surface area contributed by atoms with Gasteiger partial charge in [-0.15, -0.1) is 0 Å². The molecule has 2 aliphatic rings. The fraction of sp³-hybridized carbons (Fsp3) is 0.345. The average molecular weight is 579 g/mol. The predicted octanol–water partition coefficient (Wildman–Crippen LogP) is 2.76. The Balaban J connectivity index is 1.31. The number of aromatic nitrogens is 1. The van der Waals surface area contributed by atoms with Crippen molar-refractivity contribution in [3.05, 3.63) is 72.6 Å². The van der Waals surface area contributed by atoms with Crippen LogP contribution in [-0.4, -0.2) is 76.7 Å². The quantitative estimate of drug-likeness (QED) is 0.451. The zero-order chi connectivity index (χ0) is 29.3. The number of nitrogens with zero attached hydrogens (tertiary/aromatic N) is 3. The van der Waals surface area contributed by atoms with Crippen molar-refractivity contribution in [2.24, 2.45) is 5.92 Å². The molecule has 12 heteroatoms. The van der Waals surface area contributed by atoms with E-state index in [1.54, 1.807) is 18.2 Å². The van der Waals surface area contributed by atoms with Crippen molar-refractivity contribution >= 4 is 43.7 Å². The number of Topliss-reactive ketones (excluding diaryl/α,β-unsaturated/α-hetero) is 1. The van der Waals surface area contributed by atoms with Crippen LogP contribution in [0.5, 0.6) is 5.75 Å². The standard InChI is InChI=1S/C29H30N4O7S/c1-18(2)15-23(31-29(37)40-21-11-10-19-7-3-4-8-20(19)16-21)27(35)32-14-12-24-26(32)25(34)17-33(24)41(38,39)28(36)22-9-5-6-13-30-22/h3-11,13,16,18,23-24,26H,12,14-15,17H2,1-2H3,(H,31,37). The molecule has 5 rings (SSSR count). The molecule has 2 amide bonds. The molecule has 0 aliphatic carbocycles. The van der Waals surface area contributed by atoms with Gasteiger partial charge in [-0.3, -0.25) is 19.4 Å². The summed E-state index contributed by atoms with van der Waals surface area (Å²) in [6, 6.07) is 14.2. The van der Waals surface area contributed by atoms with E-state index >= 15 is 0 Å². The molecule has 0 bridgehead atoms. The molecule has 0 spiro atoms. The lowest BCUT2D eigenvalue weighted by atomic mass is 10.0. The summed E-state index contributed by atoms with van der Waals surface area (Å²) in [5, 5.41) is 3.31. The first-order chi connectivity index (χ1) is 19.6. The van der Waals surface area contributed by atoms with Gasteiger partial charge in [0.25, 0.3) is 10.0 Å². The van der Waals surface area contributed by atoms with Crippen molar-refractivity contribution in [2.45, 2.75) is 44.8 Å². The second kappa shape index (κ2) is 11.4.